The van der Waals surface area contributed by atoms with Gasteiger partial charge in [0.2, 0.25) is 0 Å². The number of phenolic OH excluding ortho intramolecular Hbond substituents is 1. The molecule has 4 bridgehead atoms. The van der Waals surface area contributed by atoms with E-state index in [9.17, 15) is 31.5 Å². The Morgan fingerprint density at radius 3 is 2.50 bits per heavy atom. The largest absolute Gasteiger partial charge is 0.505 e. The molecule has 1 heterocycles. The molecule has 0 unspecified atom stereocenters. The summed E-state index contributed by atoms with van der Waals surface area (Å²) in [6.45, 7) is -0.387. The van der Waals surface area contributed by atoms with Crippen LogP contribution in [0.25, 0.3) is 11.1 Å². The number of hydrogen-bond donors (Lipinski definition) is 2. The quantitative estimate of drug-likeness (QED) is 0.392. The fourth-order valence-electron chi connectivity index (χ4n) is 3.43. The Hall–Kier alpha value is -3.25. The van der Waals surface area contributed by atoms with E-state index < -0.39 is 38.4 Å². The van der Waals surface area contributed by atoms with Gasteiger partial charge < -0.3 is 14.6 Å². The minimum Gasteiger partial charge on any atom is -0.505 e. The average molecular weight is 558 g/mol. The van der Waals surface area contributed by atoms with Gasteiger partial charge in [-0.3, -0.25) is 4.72 Å². The summed E-state index contributed by atoms with van der Waals surface area (Å²) in [5, 5.41) is 10.3. The summed E-state index contributed by atoms with van der Waals surface area (Å²) in [5.74, 6) is -1.50. The highest BCUT2D eigenvalue weighted by molar-refractivity contribution is 9.10. The van der Waals surface area contributed by atoms with Gasteiger partial charge >= 0.3 is 12.1 Å². The molecule has 12 heteroatoms. The Kier molecular flexibility index (Phi) is 5.98. The number of ether oxygens (including phenoxy) is 2. The summed E-state index contributed by atoms with van der Waals surface area (Å²) >= 11 is 3.02. The molecule has 0 amide bonds. The molecule has 0 spiro atoms. The normalized spacial score (nSPS) is 15.0. The molecule has 0 fully saturated rings. The van der Waals surface area contributed by atoms with Gasteiger partial charge in [-0.05, 0) is 69.0 Å². The average Bonchev–Trinajstić information content (AvgIpc) is 2.77. The molecule has 0 saturated heterocycles. The molecule has 1 aliphatic rings. The van der Waals surface area contributed by atoms with Crippen LogP contribution in [0.15, 0.2) is 57.9 Å². The third-order valence-corrected chi connectivity index (χ3v) is 7.09. The zero-order valence-electron chi connectivity index (χ0n) is 17.2. The van der Waals surface area contributed by atoms with Gasteiger partial charge in [-0.25, -0.2) is 13.2 Å². The van der Waals surface area contributed by atoms with Crippen LogP contribution in [0.5, 0.6) is 11.5 Å². The van der Waals surface area contributed by atoms with Crippen molar-refractivity contribution in [2.24, 2.45) is 0 Å². The highest BCUT2D eigenvalue weighted by atomic mass is 79.9. The SMILES string of the molecule is COc1ccc2cc1NS(=O)(=O)c1cc(cc(Br)c1O)C(=O)OCc1ccc(C(F)(F)F)cc1-2. The highest BCUT2D eigenvalue weighted by Gasteiger charge is 2.32. The molecule has 0 aliphatic carbocycles. The molecular weight excluding hydrogens is 543 g/mol. The van der Waals surface area contributed by atoms with E-state index in [1.54, 1.807) is 0 Å². The molecule has 34 heavy (non-hydrogen) atoms. The van der Waals surface area contributed by atoms with Crippen molar-refractivity contribution < 1.29 is 41.0 Å². The predicted octanol–water partition coefficient (Wildman–Crippen LogP) is 5.32. The summed E-state index contributed by atoms with van der Waals surface area (Å²) in [6.07, 6.45) is -4.63. The van der Waals surface area contributed by atoms with Gasteiger partial charge in [-0.2, -0.15) is 13.2 Å². The minimum atomic E-state index is -4.63. The lowest BCUT2D eigenvalue weighted by Crippen LogP contribution is -2.15. The van der Waals surface area contributed by atoms with E-state index >= 15 is 0 Å². The number of hydrogen-bond acceptors (Lipinski definition) is 6. The van der Waals surface area contributed by atoms with Crippen LogP contribution in [-0.2, 0) is 27.5 Å². The lowest BCUT2D eigenvalue weighted by molar-refractivity contribution is -0.137. The Bertz CT molecular complexity index is 1420. The molecule has 0 atom stereocenters. The zero-order chi connectivity index (χ0) is 24.8. The number of halogens is 4. The van der Waals surface area contributed by atoms with Crippen molar-refractivity contribution in [2.75, 3.05) is 11.8 Å². The van der Waals surface area contributed by atoms with Crippen LogP contribution in [-0.4, -0.2) is 26.6 Å². The standard InChI is InChI=1S/C22H15BrF3NO6S/c1-32-18-5-3-11-7-17(18)27-34(30,31)19-8-13(6-16(23)20(19)28)21(29)33-10-12-2-4-14(9-15(11)12)22(24,25)26/h2-9,27-28H,10H2,1H3. The van der Waals surface area contributed by atoms with Crippen molar-refractivity contribution in [3.63, 3.8) is 0 Å². The third-order valence-electron chi connectivity index (χ3n) is 5.10. The lowest BCUT2D eigenvalue weighted by atomic mass is 9.96. The van der Waals surface area contributed by atoms with E-state index in [1.807, 2.05) is 0 Å². The number of aromatic hydroxyl groups is 1. The predicted molar refractivity (Wildman–Crippen MR) is 119 cm³/mol. The molecule has 2 N–H and O–H groups in total. The molecule has 0 saturated carbocycles. The van der Waals surface area contributed by atoms with Crippen LogP contribution >= 0.6 is 15.9 Å². The third kappa shape index (κ3) is 4.42. The highest BCUT2D eigenvalue weighted by Crippen LogP contribution is 2.39. The number of carbonyl (C=O) groups is 1. The first kappa shape index (κ1) is 23.9. The number of nitrogens with one attached hydrogen (secondary N) is 1. The summed E-state index contributed by atoms with van der Waals surface area (Å²) in [7, 11) is -3.18. The van der Waals surface area contributed by atoms with Gasteiger partial charge in [0, 0.05) is 0 Å². The van der Waals surface area contributed by atoms with Crippen molar-refractivity contribution in [3.05, 3.63) is 69.7 Å². The molecular formula is C22H15BrF3NO6S. The number of anilines is 1. The summed E-state index contributed by atoms with van der Waals surface area (Å²) < 4.78 is 79.0. The second-order valence-corrected chi connectivity index (χ2v) is 9.78. The first-order chi connectivity index (χ1) is 15.9. The summed E-state index contributed by atoms with van der Waals surface area (Å²) in [5.41, 5.74) is -0.655. The van der Waals surface area contributed by atoms with Gasteiger partial charge in [0.15, 0.2) is 0 Å². The molecule has 0 radical (unpaired) electrons. The Labute approximate surface area is 200 Å². The van der Waals surface area contributed by atoms with E-state index in [0.29, 0.717) is 0 Å². The number of alkyl halides is 3. The second-order valence-electron chi connectivity index (χ2n) is 7.27. The Morgan fingerprint density at radius 1 is 1.09 bits per heavy atom. The van der Waals surface area contributed by atoms with E-state index in [0.717, 1.165) is 18.2 Å². The molecule has 0 aromatic heterocycles. The van der Waals surface area contributed by atoms with Gasteiger partial charge in [0.25, 0.3) is 10.0 Å². The van der Waals surface area contributed by atoms with Gasteiger partial charge in [-0.1, -0.05) is 12.1 Å². The van der Waals surface area contributed by atoms with Crippen molar-refractivity contribution in [2.45, 2.75) is 17.7 Å². The van der Waals surface area contributed by atoms with Crippen LogP contribution in [0.3, 0.4) is 0 Å². The lowest BCUT2D eigenvalue weighted by Gasteiger charge is -2.16. The van der Waals surface area contributed by atoms with E-state index in [2.05, 4.69) is 20.7 Å². The van der Waals surface area contributed by atoms with E-state index in [1.165, 1.54) is 37.4 Å². The summed E-state index contributed by atoms with van der Waals surface area (Å²) in [4.78, 5) is 12.0. The number of methoxy groups -OCH3 is 1. The number of fused-ring (bicyclic) bond motifs is 6. The van der Waals surface area contributed by atoms with Crippen molar-refractivity contribution in [1.82, 2.24) is 0 Å². The fraction of sp³-hybridized carbons (Fsp3) is 0.136. The van der Waals surface area contributed by atoms with E-state index in [-0.39, 0.29) is 44.8 Å². The molecule has 7 nitrogen and oxygen atoms in total. The smallest absolute Gasteiger partial charge is 0.416 e. The maximum Gasteiger partial charge on any atom is 0.416 e. The zero-order valence-corrected chi connectivity index (χ0v) is 19.6. The number of phenols is 1. The second kappa shape index (κ2) is 8.51. The number of sulfonamides is 1. The fourth-order valence-corrected chi connectivity index (χ4v) is 5.22. The first-order valence-corrected chi connectivity index (χ1v) is 11.8. The Morgan fingerprint density at radius 2 is 1.82 bits per heavy atom. The van der Waals surface area contributed by atoms with Crippen molar-refractivity contribution in [3.8, 4) is 22.6 Å². The van der Waals surface area contributed by atoms with Crippen LogP contribution in [0, 0.1) is 0 Å². The van der Waals surface area contributed by atoms with Gasteiger partial charge in [-0.15, -0.1) is 0 Å². The number of esters is 1. The summed E-state index contributed by atoms with van der Waals surface area (Å²) in [6, 6.07) is 9.19. The van der Waals surface area contributed by atoms with Gasteiger partial charge in [0.1, 0.15) is 23.0 Å². The van der Waals surface area contributed by atoms with Gasteiger partial charge in [0.05, 0.1) is 28.4 Å². The minimum absolute atomic E-state index is 0.0758. The molecule has 1 aliphatic heterocycles. The van der Waals surface area contributed by atoms with Crippen LogP contribution in [0.1, 0.15) is 21.5 Å². The van der Waals surface area contributed by atoms with Crippen LogP contribution < -0.4 is 9.46 Å². The number of carbonyl (C=O) groups excluding carboxylic acids is 1. The van der Waals surface area contributed by atoms with Crippen LogP contribution in [0.2, 0.25) is 0 Å². The topological polar surface area (TPSA) is 102 Å². The molecule has 3 aromatic carbocycles. The maximum absolute atomic E-state index is 13.4. The number of benzene rings is 3. The van der Waals surface area contributed by atoms with Crippen molar-refractivity contribution in [1.29, 1.82) is 0 Å². The van der Waals surface area contributed by atoms with Crippen molar-refractivity contribution >= 4 is 37.6 Å². The van der Waals surface area contributed by atoms with E-state index in [4.69, 9.17) is 9.47 Å². The molecule has 4 rings (SSSR count). The maximum atomic E-state index is 13.4. The first-order valence-electron chi connectivity index (χ1n) is 9.51. The molecule has 178 valence electrons. The van der Waals surface area contributed by atoms with Crippen LogP contribution in [0.4, 0.5) is 18.9 Å². The molecule has 3 aromatic rings. The number of rotatable bonds is 1. The number of cyclic esters (lactones) is 1. The monoisotopic (exact) mass is 557 g/mol. The Balaban J connectivity index is 2.00.